The minimum atomic E-state index is -0.125. The molecule has 7 heteroatoms. The van der Waals surface area contributed by atoms with Gasteiger partial charge >= 0.3 is 0 Å². The molecule has 7 nitrogen and oxygen atoms in total. The molecule has 2 aromatic carbocycles. The third kappa shape index (κ3) is 4.64. The Morgan fingerprint density at radius 3 is 2.53 bits per heavy atom. The summed E-state index contributed by atoms with van der Waals surface area (Å²) in [6.07, 6.45) is 5.48. The van der Waals surface area contributed by atoms with Crippen LogP contribution in [0.25, 0.3) is 5.82 Å². The van der Waals surface area contributed by atoms with E-state index in [2.05, 4.69) is 15.3 Å². The van der Waals surface area contributed by atoms with Crippen LogP contribution in [0.1, 0.15) is 5.56 Å². The zero-order valence-corrected chi connectivity index (χ0v) is 16.4. The highest BCUT2D eigenvalue weighted by molar-refractivity contribution is 5.92. The molecule has 0 radical (unpaired) electrons. The highest BCUT2D eigenvalue weighted by Gasteiger charge is 2.09. The molecule has 4 aromatic rings. The van der Waals surface area contributed by atoms with Gasteiger partial charge in [-0.1, -0.05) is 18.2 Å². The lowest BCUT2D eigenvalue weighted by molar-refractivity contribution is -0.115. The third-order valence-electron chi connectivity index (χ3n) is 4.40. The average molecular weight is 400 g/mol. The monoisotopic (exact) mass is 400 g/mol. The maximum Gasteiger partial charge on any atom is 0.228 e. The molecule has 0 saturated carbocycles. The number of hydrogen-bond donors (Lipinski definition) is 1. The van der Waals surface area contributed by atoms with E-state index in [1.54, 1.807) is 37.4 Å². The van der Waals surface area contributed by atoms with Crippen LogP contribution in [0.15, 0.2) is 85.5 Å². The van der Waals surface area contributed by atoms with Crippen LogP contribution in [0.3, 0.4) is 0 Å². The first-order valence-corrected chi connectivity index (χ1v) is 9.36. The minimum absolute atomic E-state index is 0.125. The van der Waals surface area contributed by atoms with Gasteiger partial charge in [0.15, 0.2) is 0 Å². The lowest BCUT2D eigenvalue weighted by Gasteiger charge is -2.10. The highest BCUT2D eigenvalue weighted by Crippen LogP contribution is 2.23. The Bertz CT molecular complexity index is 1130. The summed E-state index contributed by atoms with van der Waals surface area (Å²) in [5.41, 5.74) is 1.51. The van der Waals surface area contributed by atoms with Crippen LogP contribution in [0.4, 0.5) is 5.69 Å². The molecule has 0 atom stereocenters. The number of carbonyl (C=O) groups excluding carboxylic acids is 1. The van der Waals surface area contributed by atoms with E-state index in [0.29, 0.717) is 28.9 Å². The van der Waals surface area contributed by atoms with Gasteiger partial charge in [-0.05, 0) is 42.5 Å². The standard InChI is InChI=1S/C23H20N4O3/c1-29-20-7-3-2-6-17(20)14-22(28)26-18-8-10-19(11-9-18)30-23-15-21(24-16-25-23)27-12-4-5-13-27/h2-13,15-16H,14H2,1H3,(H,26,28). The van der Waals surface area contributed by atoms with Crippen molar-refractivity contribution in [2.45, 2.75) is 6.42 Å². The second kappa shape index (κ2) is 8.91. The van der Waals surface area contributed by atoms with Gasteiger partial charge in [-0.2, -0.15) is 0 Å². The van der Waals surface area contributed by atoms with Crippen molar-refractivity contribution in [1.82, 2.24) is 14.5 Å². The van der Waals surface area contributed by atoms with Crippen LogP contribution in [-0.2, 0) is 11.2 Å². The molecule has 1 N–H and O–H groups in total. The van der Waals surface area contributed by atoms with E-state index in [1.165, 1.54) is 6.33 Å². The number of amides is 1. The number of rotatable bonds is 7. The number of nitrogens with one attached hydrogen (secondary N) is 1. The van der Waals surface area contributed by atoms with Crippen LogP contribution in [0.5, 0.6) is 17.4 Å². The Morgan fingerprint density at radius 2 is 1.77 bits per heavy atom. The summed E-state index contributed by atoms with van der Waals surface area (Å²) >= 11 is 0. The molecular weight excluding hydrogens is 380 g/mol. The number of para-hydroxylation sites is 1. The van der Waals surface area contributed by atoms with Gasteiger partial charge in [-0.15, -0.1) is 0 Å². The topological polar surface area (TPSA) is 78.3 Å². The molecule has 0 fully saturated rings. The maximum absolute atomic E-state index is 12.4. The molecule has 0 saturated heterocycles. The molecule has 0 bridgehead atoms. The maximum atomic E-state index is 12.4. The highest BCUT2D eigenvalue weighted by atomic mass is 16.5. The normalized spacial score (nSPS) is 10.4. The lowest BCUT2D eigenvalue weighted by Crippen LogP contribution is -2.14. The van der Waals surface area contributed by atoms with Crippen LogP contribution in [-0.4, -0.2) is 27.6 Å². The molecule has 4 rings (SSSR count). The Kier molecular flexibility index (Phi) is 5.70. The SMILES string of the molecule is COc1ccccc1CC(=O)Nc1ccc(Oc2cc(-n3cccc3)ncn2)cc1. The van der Waals surface area contributed by atoms with E-state index >= 15 is 0 Å². The molecule has 0 aliphatic carbocycles. The first-order chi connectivity index (χ1) is 14.7. The van der Waals surface area contributed by atoms with Crippen LogP contribution in [0, 0.1) is 0 Å². The summed E-state index contributed by atoms with van der Waals surface area (Å²) in [6.45, 7) is 0. The molecule has 0 unspecified atom stereocenters. The summed E-state index contributed by atoms with van der Waals surface area (Å²) in [5, 5.41) is 2.88. The molecule has 0 spiro atoms. The van der Waals surface area contributed by atoms with Gasteiger partial charge in [-0.25, -0.2) is 9.97 Å². The zero-order valence-electron chi connectivity index (χ0n) is 16.4. The predicted molar refractivity (Wildman–Crippen MR) is 113 cm³/mol. The Hall–Kier alpha value is -4.13. The number of hydrogen-bond acceptors (Lipinski definition) is 5. The first-order valence-electron chi connectivity index (χ1n) is 9.36. The number of aromatic nitrogens is 3. The predicted octanol–water partition coefficient (Wildman–Crippen LogP) is 4.25. The van der Waals surface area contributed by atoms with Crippen molar-refractivity contribution in [3.63, 3.8) is 0 Å². The van der Waals surface area contributed by atoms with E-state index < -0.39 is 0 Å². The molecule has 0 aliphatic rings. The smallest absolute Gasteiger partial charge is 0.228 e. The van der Waals surface area contributed by atoms with E-state index in [1.807, 2.05) is 53.4 Å². The first kappa shape index (κ1) is 19.2. The summed E-state index contributed by atoms with van der Waals surface area (Å²) in [7, 11) is 1.59. The fourth-order valence-electron chi connectivity index (χ4n) is 2.97. The molecule has 2 heterocycles. The van der Waals surface area contributed by atoms with Gasteiger partial charge in [0.1, 0.15) is 23.6 Å². The van der Waals surface area contributed by atoms with Gasteiger partial charge in [0.25, 0.3) is 0 Å². The van der Waals surface area contributed by atoms with Crippen molar-refractivity contribution in [1.29, 1.82) is 0 Å². The number of nitrogens with zero attached hydrogens (tertiary/aromatic N) is 3. The third-order valence-corrected chi connectivity index (χ3v) is 4.40. The largest absolute Gasteiger partial charge is 0.496 e. The number of carbonyl (C=O) groups is 1. The van der Waals surface area contributed by atoms with E-state index in [-0.39, 0.29) is 12.3 Å². The van der Waals surface area contributed by atoms with Crippen molar-refractivity contribution in [3.05, 3.63) is 91.0 Å². The van der Waals surface area contributed by atoms with Crippen molar-refractivity contribution in [3.8, 4) is 23.2 Å². The summed E-state index contributed by atoms with van der Waals surface area (Å²) < 4.78 is 13.0. The van der Waals surface area contributed by atoms with Gasteiger partial charge in [0, 0.05) is 29.7 Å². The quantitative estimate of drug-likeness (QED) is 0.502. The molecule has 2 aromatic heterocycles. The number of anilines is 1. The van der Waals surface area contributed by atoms with Gasteiger partial charge in [0.05, 0.1) is 13.5 Å². The molecule has 1 amide bonds. The molecule has 150 valence electrons. The number of methoxy groups -OCH3 is 1. The van der Waals surface area contributed by atoms with Crippen LogP contribution < -0.4 is 14.8 Å². The second-order valence-corrected chi connectivity index (χ2v) is 6.47. The van der Waals surface area contributed by atoms with Crippen LogP contribution >= 0.6 is 0 Å². The van der Waals surface area contributed by atoms with Crippen molar-refractivity contribution >= 4 is 11.6 Å². The van der Waals surface area contributed by atoms with Gasteiger partial charge in [0.2, 0.25) is 11.8 Å². The zero-order chi connectivity index (χ0) is 20.8. The number of ether oxygens (including phenoxy) is 2. The van der Waals surface area contributed by atoms with Crippen molar-refractivity contribution in [2.75, 3.05) is 12.4 Å². The van der Waals surface area contributed by atoms with Crippen LogP contribution in [0.2, 0.25) is 0 Å². The summed E-state index contributed by atoms with van der Waals surface area (Å²) in [4.78, 5) is 20.7. The van der Waals surface area contributed by atoms with Crippen molar-refractivity contribution in [2.24, 2.45) is 0 Å². The molecule has 30 heavy (non-hydrogen) atoms. The number of benzene rings is 2. The van der Waals surface area contributed by atoms with E-state index in [0.717, 1.165) is 5.56 Å². The fraction of sp³-hybridized carbons (Fsp3) is 0.0870. The molecule has 0 aliphatic heterocycles. The van der Waals surface area contributed by atoms with E-state index in [9.17, 15) is 4.79 Å². The van der Waals surface area contributed by atoms with Crippen molar-refractivity contribution < 1.29 is 14.3 Å². The van der Waals surface area contributed by atoms with Gasteiger partial charge < -0.3 is 19.4 Å². The van der Waals surface area contributed by atoms with Gasteiger partial charge in [-0.3, -0.25) is 4.79 Å². The Morgan fingerprint density at radius 1 is 1.00 bits per heavy atom. The Labute approximate surface area is 173 Å². The summed E-state index contributed by atoms with van der Waals surface area (Å²) in [6, 6.07) is 20.2. The average Bonchev–Trinajstić information content (AvgIpc) is 3.31. The second-order valence-electron chi connectivity index (χ2n) is 6.47. The minimum Gasteiger partial charge on any atom is -0.496 e. The Balaban J connectivity index is 1.38. The fourth-order valence-corrected chi connectivity index (χ4v) is 2.97. The van der Waals surface area contributed by atoms with E-state index in [4.69, 9.17) is 9.47 Å². The lowest BCUT2D eigenvalue weighted by atomic mass is 10.1. The molecular formula is C23H20N4O3. The summed E-state index contributed by atoms with van der Waals surface area (Å²) in [5.74, 6) is 2.32.